The first-order valence-corrected chi connectivity index (χ1v) is 39.7. The summed E-state index contributed by atoms with van der Waals surface area (Å²) < 4.78 is 97.8. The maximum atomic E-state index is 12.0. The van der Waals surface area contributed by atoms with Crippen molar-refractivity contribution in [2.45, 2.75) is 213 Å². The van der Waals surface area contributed by atoms with E-state index in [2.05, 4.69) is 94.8 Å². The van der Waals surface area contributed by atoms with E-state index in [4.69, 9.17) is 0 Å². The molecule has 0 bridgehead atoms. The van der Waals surface area contributed by atoms with Crippen LogP contribution in [0.5, 0.6) is 0 Å². The van der Waals surface area contributed by atoms with Gasteiger partial charge < -0.3 is 4.90 Å². The van der Waals surface area contributed by atoms with Gasteiger partial charge in [-0.3, -0.25) is 18.0 Å². The Kier molecular flexibility index (Phi) is 45.8. The summed E-state index contributed by atoms with van der Waals surface area (Å²) >= 11 is 0. The average Bonchev–Trinajstić information content (AvgIpc) is 3.89. The average molecular weight is 1250 g/mol. The fraction of sp³-hybridized carbons (Fsp3) is 0.839. The van der Waals surface area contributed by atoms with Gasteiger partial charge in [0.2, 0.25) is 36.0 Å². The van der Waals surface area contributed by atoms with E-state index in [1.807, 2.05) is 35.2 Å². The lowest BCUT2D eigenvalue weighted by Crippen LogP contribution is -2.41. The van der Waals surface area contributed by atoms with Gasteiger partial charge in [0.05, 0.1) is 23.8 Å². The summed E-state index contributed by atoms with van der Waals surface area (Å²) in [4.78, 5) is 24.6. The maximum absolute atomic E-state index is 12.0. The first-order chi connectivity index (χ1) is 36.9. The number of rotatable bonds is 28. The molecule has 0 N–H and O–H groups in total. The van der Waals surface area contributed by atoms with Crippen molar-refractivity contribution >= 4 is 72.5 Å². The zero-order valence-electron chi connectivity index (χ0n) is 53.4. The standard InChI is InChI=1S/C14H23NO2S.C11H21NO3S.C11H21NO.C10H21NO2S.C8H18OS.C7H16OS.CH4/c1-13(2)8-7-11-18(16,17)15(3)12-14-9-5-4-6-10-14;1-10(2)5-4-8-16(14,15)12-7-3-6-11(13)9-12;1-10(2)6-5-9-12-8-4-3-7-11(12)13;1-10(2)6-5-9-14(12,13)11-7-3-4-8-11;1-8(2)6-5-7-10(3,4)9;1-7(2)5-6-9(3,4)8;/h4-6,9-10,13H,7-8,11-12H2,1-3H3;10H,3-9H2,1-2H3;10H,3-9H2,1-2H3;10H,3-9H2,1-2H3;8H,3,5-7H2,1-2,4H3;7H,3,5-6H2,1-2,4H3;1H4. The minimum Gasteiger partial charge on any atom is -0.343 e. The summed E-state index contributed by atoms with van der Waals surface area (Å²) in [6, 6.07) is 9.67. The van der Waals surface area contributed by atoms with Crippen molar-refractivity contribution in [1.29, 1.82) is 0 Å². The molecular weight excluding hydrogens is 1120 g/mol. The molecule has 2 atom stereocenters. The van der Waals surface area contributed by atoms with E-state index in [9.17, 15) is 43.3 Å². The second-order valence-corrected chi connectivity index (χ2v) is 37.2. The van der Waals surface area contributed by atoms with Crippen LogP contribution in [0.2, 0.25) is 0 Å². The van der Waals surface area contributed by atoms with Crippen LogP contribution in [-0.4, -0.2) is 163 Å². The first-order valence-electron chi connectivity index (χ1n) is 30.2. The molecule has 4 rings (SSSR count). The fourth-order valence-corrected chi connectivity index (χ4v) is 14.5. The number of amides is 1. The van der Waals surface area contributed by atoms with Gasteiger partial charge in [-0.05, 0) is 168 Å². The van der Waals surface area contributed by atoms with Crippen molar-refractivity contribution in [1.82, 2.24) is 17.8 Å². The van der Waals surface area contributed by atoms with E-state index in [0.29, 0.717) is 67.7 Å². The van der Waals surface area contributed by atoms with E-state index < -0.39 is 49.1 Å². The highest BCUT2D eigenvalue weighted by Gasteiger charge is 2.27. The predicted molar refractivity (Wildman–Crippen MR) is 355 cm³/mol. The molecule has 14 nitrogen and oxygen atoms in total. The minimum absolute atomic E-state index is 0. The lowest BCUT2D eigenvalue weighted by molar-refractivity contribution is -0.133. The molecular formula is C62H124N4O10S5. The lowest BCUT2D eigenvalue weighted by Gasteiger charge is -2.26. The van der Waals surface area contributed by atoms with Crippen molar-refractivity contribution in [2.24, 2.45) is 35.5 Å². The zero-order valence-corrected chi connectivity index (χ0v) is 57.5. The Morgan fingerprint density at radius 2 is 0.877 bits per heavy atom. The molecule has 0 aliphatic carbocycles. The molecule has 0 radical (unpaired) electrons. The number of piperidine rings is 2. The molecule has 3 fully saturated rings. The van der Waals surface area contributed by atoms with Crippen LogP contribution in [0.25, 0.3) is 0 Å². The Balaban J connectivity index is -0.000000912. The van der Waals surface area contributed by atoms with E-state index in [1.54, 1.807) is 23.9 Å². The summed E-state index contributed by atoms with van der Waals surface area (Å²) in [5, 5.41) is 0. The summed E-state index contributed by atoms with van der Waals surface area (Å²) in [6.07, 6.45) is 20.5. The number of benzene rings is 1. The van der Waals surface area contributed by atoms with Crippen LogP contribution in [0, 0.1) is 35.5 Å². The lowest BCUT2D eigenvalue weighted by atomic mass is 10.1. The summed E-state index contributed by atoms with van der Waals surface area (Å²) in [6.45, 7) is 30.2. The highest BCUT2D eigenvalue weighted by molar-refractivity contribution is 7.99. The Morgan fingerprint density at radius 1 is 0.481 bits per heavy atom. The molecule has 0 saturated carbocycles. The monoisotopic (exact) mass is 1240 g/mol. The van der Waals surface area contributed by atoms with Crippen LogP contribution in [0.3, 0.4) is 0 Å². The highest BCUT2D eigenvalue weighted by Crippen LogP contribution is 2.18. The van der Waals surface area contributed by atoms with Gasteiger partial charge >= 0.3 is 0 Å². The number of hydrogen-bond acceptors (Lipinski definition) is 10. The number of Topliss-reactive ketones (excluding diaryl/α,β-unsaturated/α-hetero) is 1. The van der Waals surface area contributed by atoms with Crippen LogP contribution in [0.1, 0.15) is 212 Å². The zero-order chi connectivity index (χ0) is 61.8. The van der Waals surface area contributed by atoms with E-state index in [0.717, 1.165) is 126 Å². The van der Waals surface area contributed by atoms with Gasteiger partial charge in [0, 0.05) is 83.2 Å². The second kappa shape index (κ2) is 44.6. The maximum Gasteiger partial charge on any atom is 0.222 e. The third-order valence-corrected chi connectivity index (χ3v) is 21.5. The quantitative estimate of drug-likeness (QED) is 0.0732. The van der Waals surface area contributed by atoms with Crippen molar-refractivity contribution in [3.63, 3.8) is 0 Å². The van der Waals surface area contributed by atoms with Crippen LogP contribution >= 0.6 is 0 Å². The molecule has 1 aromatic carbocycles. The fourth-order valence-electron chi connectivity index (χ4n) is 8.46. The van der Waals surface area contributed by atoms with Gasteiger partial charge in [-0.2, -0.15) is 4.31 Å². The Bertz CT molecular complexity index is 2350. The number of likely N-dealkylation sites (tertiary alicyclic amines) is 1. The van der Waals surface area contributed by atoms with Gasteiger partial charge in [-0.15, -0.1) is 0 Å². The van der Waals surface area contributed by atoms with Crippen molar-refractivity contribution in [2.75, 3.05) is 87.6 Å². The summed E-state index contributed by atoms with van der Waals surface area (Å²) in [5.41, 5.74) is 1.02. The van der Waals surface area contributed by atoms with Gasteiger partial charge in [0.1, 0.15) is 5.78 Å². The van der Waals surface area contributed by atoms with E-state index in [1.165, 1.54) is 34.3 Å². The van der Waals surface area contributed by atoms with Crippen molar-refractivity contribution in [3.8, 4) is 0 Å². The van der Waals surface area contributed by atoms with Crippen LogP contribution in [0.4, 0.5) is 0 Å². The van der Waals surface area contributed by atoms with Gasteiger partial charge in [0.25, 0.3) is 0 Å². The molecule has 0 spiro atoms. The predicted octanol–water partition coefficient (Wildman–Crippen LogP) is 12.4. The normalized spacial score (nSPS) is 16.9. The molecule has 3 aliphatic heterocycles. The summed E-state index contributed by atoms with van der Waals surface area (Å²) in [5.74, 6) is 13.7. The van der Waals surface area contributed by atoms with Gasteiger partial charge in [-0.25, -0.2) is 33.9 Å². The highest BCUT2D eigenvalue weighted by atomic mass is 32.2. The second-order valence-electron chi connectivity index (χ2n) is 25.2. The number of ketones is 1. The molecule has 2 unspecified atom stereocenters. The smallest absolute Gasteiger partial charge is 0.222 e. The number of carbonyl (C=O) groups is 2. The van der Waals surface area contributed by atoms with Crippen molar-refractivity contribution < 1.29 is 43.3 Å². The molecule has 1 amide bonds. The Labute approximate surface area is 502 Å². The SMILES string of the molecule is C.C=S(C)(=O)CCC(C)C.C=S(C)(=O)CCCC(C)C.CC(C)CCCN1CCCCC1=O.CC(C)CCCS(=O)(=O)N(C)Cc1ccccc1.CC(C)CCCS(=O)(=O)N1CCCC(=O)C1.CC(C)CCCS(=O)(=O)N1CCCC1. The summed E-state index contributed by atoms with van der Waals surface area (Å²) in [7, 11) is -11.0. The first kappa shape index (κ1) is 83.3. The molecule has 1 aromatic rings. The molecule has 3 saturated heterocycles. The number of carbonyl (C=O) groups excluding carboxylic acids is 2. The van der Waals surface area contributed by atoms with Crippen LogP contribution < -0.4 is 0 Å². The largest absolute Gasteiger partial charge is 0.343 e. The topological polar surface area (TPSA) is 184 Å². The molecule has 0 aromatic heterocycles. The van der Waals surface area contributed by atoms with Crippen LogP contribution in [0.15, 0.2) is 30.3 Å². The van der Waals surface area contributed by atoms with Crippen molar-refractivity contribution in [3.05, 3.63) is 35.9 Å². The number of hydrogen-bond donors (Lipinski definition) is 0. The molecule has 3 aliphatic rings. The van der Waals surface area contributed by atoms with E-state index >= 15 is 0 Å². The molecule has 19 heteroatoms. The van der Waals surface area contributed by atoms with E-state index in [-0.39, 0.29) is 31.3 Å². The van der Waals surface area contributed by atoms with Gasteiger partial charge in [-0.1, -0.05) is 127 Å². The third-order valence-electron chi connectivity index (χ3n) is 13.5. The minimum atomic E-state index is -3.20. The molecule has 482 valence electrons. The number of sulfonamides is 3. The molecule has 81 heavy (non-hydrogen) atoms. The molecule has 3 heterocycles. The van der Waals surface area contributed by atoms with Gasteiger partial charge in [0.15, 0.2) is 0 Å². The Morgan fingerprint density at radius 3 is 1.28 bits per heavy atom. The van der Waals surface area contributed by atoms with Crippen LogP contribution in [-0.2, 0) is 65.2 Å². The number of nitrogens with zero attached hydrogens (tertiary/aromatic N) is 4. The third kappa shape index (κ3) is 49.0. The Hall–Kier alpha value is -1.87.